The molecule has 0 aliphatic carbocycles. The topological polar surface area (TPSA) is 29.4 Å². The Morgan fingerprint density at radius 1 is 1.38 bits per heavy atom. The van der Waals surface area contributed by atoms with Crippen molar-refractivity contribution < 1.29 is 4.79 Å². The largest absolute Gasteiger partial charge is 0.235 e. The lowest BCUT2D eigenvalue weighted by Crippen LogP contribution is -1.93. The fraction of sp³-hybridized carbons (Fsp3) is 0.364. The Morgan fingerprint density at radius 3 is 2.62 bits per heavy atom. The molecule has 0 N–H and O–H groups in total. The zero-order valence-electron chi connectivity index (χ0n) is 7.73. The van der Waals surface area contributed by atoms with Gasteiger partial charge in [0.05, 0.1) is 6.04 Å². The summed E-state index contributed by atoms with van der Waals surface area (Å²) in [7, 11) is 0. The van der Waals surface area contributed by atoms with E-state index in [1.54, 1.807) is 6.08 Å². The second-order valence-electron chi connectivity index (χ2n) is 2.94. The Labute approximate surface area is 78.3 Å². The Kier molecular flexibility index (Phi) is 3.94. The minimum atomic E-state index is -0.0105. The quantitative estimate of drug-likeness (QED) is 0.511. The summed E-state index contributed by atoms with van der Waals surface area (Å²) in [6.45, 7) is 2.08. The summed E-state index contributed by atoms with van der Waals surface area (Å²) in [6.07, 6.45) is 3.55. The molecule has 1 aromatic rings. The predicted octanol–water partition coefficient (Wildman–Crippen LogP) is 2.86. The summed E-state index contributed by atoms with van der Waals surface area (Å²) in [5.41, 5.74) is 1.09. The highest BCUT2D eigenvalue weighted by Gasteiger charge is 2.06. The Morgan fingerprint density at radius 2 is 2.08 bits per heavy atom. The molecule has 1 atom stereocenters. The molecule has 0 spiro atoms. The first kappa shape index (κ1) is 9.69. The van der Waals surface area contributed by atoms with Crippen LogP contribution in [0.1, 0.15) is 31.4 Å². The molecular formula is C11H13NO. The molecule has 0 unspecified atom stereocenters. The van der Waals surface area contributed by atoms with Gasteiger partial charge in [-0.25, -0.2) is 4.79 Å². The average molecular weight is 175 g/mol. The molecule has 2 nitrogen and oxygen atoms in total. The normalized spacial score (nSPS) is 11.8. The van der Waals surface area contributed by atoms with Crippen molar-refractivity contribution in [2.75, 3.05) is 0 Å². The van der Waals surface area contributed by atoms with Gasteiger partial charge in [0.15, 0.2) is 0 Å². The van der Waals surface area contributed by atoms with Gasteiger partial charge in [0.25, 0.3) is 0 Å². The van der Waals surface area contributed by atoms with Crippen LogP contribution in [0.2, 0.25) is 0 Å². The van der Waals surface area contributed by atoms with Gasteiger partial charge in [-0.3, -0.25) is 0 Å². The summed E-state index contributed by atoms with van der Waals surface area (Å²) >= 11 is 0. The van der Waals surface area contributed by atoms with Crippen LogP contribution in [0.3, 0.4) is 0 Å². The highest BCUT2D eigenvalue weighted by molar-refractivity contribution is 5.35. The standard InChI is InChI=1S/C11H13NO/c1-2-6-11(12-9-13)10-7-4-3-5-8-10/h3-5,7-8,11H,2,6H2,1H3/t11-/m1/s1. The van der Waals surface area contributed by atoms with Crippen LogP contribution < -0.4 is 0 Å². The van der Waals surface area contributed by atoms with Gasteiger partial charge in [0, 0.05) is 0 Å². The van der Waals surface area contributed by atoms with Crippen molar-refractivity contribution in [2.45, 2.75) is 25.8 Å². The lowest BCUT2D eigenvalue weighted by atomic mass is 10.0. The van der Waals surface area contributed by atoms with E-state index in [0.29, 0.717) is 0 Å². The minimum absolute atomic E-state index is 0.0105. The first-order chi connectivity index (χ1) is 6.38. The molecular weight excluding hydrogens is 162 g/mol. The van der Waals surface area contributed by atoms with Crippen LogP contribution in [-0.4, -0.2) is 6.08 Å². The van der Waals surface area contributed by atoms with Gasteiger partial charge in [0.2, 0.25) is 6.08 Å². The molecule has 13 heavy (non-hydrogen) atoms. The van der Waals surface area contributed by atoms with Crippen molar-refractivity contribution in [2.24, 2.45) is 4.99 Å². The van der Waals surface area contributed by atoms with Gasteiger partial charge in [-0.1, -0.05) is 43.7 Å². The molecule has 0 aliphatic rings. The Hall–Kier alpha value is -1.40. The molecule has 0 aliphatic heterocycles. The van der Waals surface area contributed by atoms with Gasteiger partial charge < -0.3 is 0 Å². The van der Waals surface area contributed by atoms with Crippen molar-refractivity contribution in [3.8, 4) is 0 Å². The molecule has 1 aromatic carbocycles. The highest BCUT2D eigenvalue weighted by atomic mass is 16.1. The van der Waals surface area contributed by atoms with E-state index in [-0.39, 0.29) is 6.04 Å². The maximum absolute atomic E-state index is 10.2. The van der Waals surface area contributed by atoms with Gasteiger partial charge in [-0.2, -0.15) is 4.99 Å². The summed E-state index contributed by atoms with van der Waals surface area (Å²) in [6, 6.07) is 9.83. The van der Waals surface area contributed by atoms with Crippen molar-refractivity contribution in [1.82, 2.24) is 0 Å². The van der Waals surface area contributed by atoms with Crippen LogP contribution in [0.4, 0.5) is 0 Å². The van der Waals surface area contributed by atoms with Crippen LogP contribution >= 0.6 is 0 Å². The number of benzene rings is 1. The van der Waals surface area contributed by atoms with Crippen molar-refractivity contribution in [3.63, 3.8) is 0 Å². The van der Waals surface area contributed by atoms with Crippen LogP contribution in [0, 0.1) is 0 Å². The van der Waals surface area contributed by atoms with E-state index in [1.165, 1.54) is 0 Å². The Bertz CT molecular complexity index is 288. The van der Waals surface area contributed by atoms with E-state index in [9.17, 15) is 4.79 Å². The molecule has 0 heterocycles. The minimum Gasteiger partial charge on any atom is -0.211 e. The smallest absolute Gasteiger partial charge is 0.211 e. The molecule has 1 rings (SSSR count). The van der Waals surface area contributed by atoms with Gasteiger partial charge in [-0.05, 0) is 12.0 Å². The van der Waals surface area contributed by atoms with E-state index in [4.69, 9.17) is 0 Å². The van der Waals surface area contributed by atoms with E-state index in [1.807, 2.05) is 30.3 Å². The summed E-state index contributed by atoms with van der Waals surface area (Å²) in [4.78, 5) is 14.0. The Balaban J connectivity index is 2.81. The average Bonchev–Trinajstić information content (AvgIpc) is 2.19. The number of aliphatic imine (C=N–C) groups is 1. The second-order valence-corrected chi connectivity index (χ2v) is 2.94. The number of carbonyl (C=O) groups excluding carboxylic acids is 1. The third-order valence-corrected chi connectivity index (χ3v) is 1.95. The van der Waals surface area contributed by atoms with Crippen molar-refractivity contribution in [1.29, 1.82) is 0 Å². The number of rotatable bonds is 4. The molecule has 0 bridgehead atoms. The molecule has 0 radical (unpaired) electrons. The van der Waals surface area contributed by atoms with Crippen LogP contribution in [-0.2, 0) is 4.79 Å². The van der Waals surface area contributed by atoms with Crippen LogP contribution in [0.15, 0.2) is 35.3 Å². The molecule has 0 fully saturated rings. The fourth-order valence-corrected chi connectivity index (χ4v) is 1.32. The zero-order chi connectivity index (χ0) is 9.52. The van der Waals surface area contributed by atoms with Gasteiger partial charge in [0.1, 0.15) is 0 Å². The number of hydrogen-bond donors (Lipinski definition) is 0. The number of hydrogen-bond acceptors (Lipinski definition) is 2. The molecule has 0 amide bonds. The first-order valence-electron chi connectivity index (χ1n) is 4.50. The van der Waals surface area contributed by atoms with Crippen molar-refractivity contribution in [3.05, 3.63) is 35.9 Å². The lowest BCUT2D eigenvalue weighted by molar-refractivity contribution is 0.552. The second kappa shape index (κ2) is 5.28. The summed E-state index contributed by atoms with van der Waals surface area (Å²) in [5, 5.41) is 0. The monoisotopic (exact) mass is 175 g/mol. The predicted molar refractivity (Wildman–Crippen MR) is 52.2 cm³/mol. The number of nitrogens with zero attached hydrogens (tertiary/aromatic N) is 1. The molecule has 0 saturated carbocycles. The summed E-state index contributed by atoms with van der Waals surface area (Å²) in [5.74, 6) is 0. The number of isocyanates is 1. The van der Waals surface area contributed by atoms with Gasteiger partial charge in [-0.15, -0.1) is 0 Å². The van der Waals surface area contributed by atoms with E-state index in [0.717, 1.165) is 18.4 Å². The zero-order valence-corrected chi connectivity index (χ0v) is 7.73. The van der Waals surface area contributed by atoms with Crippen LogP contribution in [0.25, 0.3) is 0 Å². The van der Waals surface area contributed by atoms with E-state index < -0.39 is 0 Å². The third kappa shape index (κ3) is 2.85. The van der Waals surface area contributed by atoms with E-state index >= 15 is 0 Å². The third-order valence-electron chi connectivity index (χ3n) is 1.95. The fourth-order valence-electron chi connectivity index (χ4n) is 1.32. The molecule has 68 valence electrons. The maximum Gasteiger partial charge on any atom is 0.235 e. The highest BCUT2D eigenvalue weighted by Crippen LogP contribution is 2.21. The first-order valence-corrected chi connectivity index (χ1v) is 4.50. The maximum atomic E-state index is 10.2. The SMILES string of the molecule is CCC[C@@H](N=C=O)c1ccccc1. The van der Waals surface area contributed by atoms with Gasteiger partial charge >= 0.3 is 0 Å². The summed E-state index contributed by atoms with van der Waals surface area (Å²) < 4.78 is 0. The molecule has 0 saturated heterocycles. The van der Waals surface area contributed by atoms with E-state index in [2.05, 4.69) is 11.9 Å². The van der Waals surface area contributed by atoms with Crippen LogP contribution in [0.5, 0.6) is 0 Å². The molecule has 0 aromatic heterocycles. The lowest BCUT2D eigenvalue weighted by Gasteiger charge is -2.08. The molecule has 2 heteroatoms. The van der Waals surface area contributed by atoms with Crippen molar-refractivity contribution >= 4 is 6.08 Å².